The summed E-state index contributed by atoms with van der Waals surface area (Å²) in [5.74, 6) is 0. The molecule has 0 saturated carbocycles. The lowest BCUT2D eigenvalue weighted by molar-refractivity contribution is 0.00902. The van der Waals surface area contributed by atoms with Crippen LogP contribution in [0.4, 0.5) is 0 Å². The first kappa shape index (κ1) is 22.6. The highest BCUT2D eigenvalue weighted by Gasteiger charge is 2.06. The van der Waals surface area contributed by atoms with Gasteiger partial charge in [-0.25, -0.2) is 4.79 Å². The molecule has 7 heteroatoms. The quantitative estimate of drug-likeness (QED) is 0.409. The van der Waals surface area contributed by atoms with Crippen molar-refractivity contribution in [3.05, 3.63) is 16.8 Å². The van der Waals surface area contributed by atoms with E-state index in [-0.39, 0.29) is 19.2 Å². The Bertz CT molecular complexity index is 496. The number of nitrogens with zero attached hydrogens (tertiary/aromatic N) is 2. The molecule has 0 radical (unpaired) electrons. The molecule has 0 aliphatic carbocycles. The molecule has 0 saturated heterocycles. The Morgan fingerprint density at radius 1 is 0.962 bits per heavy atom. The van der Waals surface area contributed by atoms with Gasteiger partial charge >= 0.3 is 5.69 Å². The topological polar surface area (TPSA) is 97.3 Å². The molecule has 0 fully saturated rings. The number of hydrogen-bond donors (Lipinski definition) is 2. The minimum Gasteiger partial charge on any atom is -0.462 e. The van der Waals surface area contributed by atoms with Crippen molar-refractivity contribution in [2.45, 2.75) is 83.7 Å². The van der Waals surface area contributed by atoms with Crippen LogP contribution in [0, 0.1) is 0 Å². The molecule has 0 aliphatic rings. The molecule has 1 rings (SSSR count). The number of unbranched alkanes of at least 4 members (excludes halogenated alkanes) is 10. The van der Waals surface area contributed by atoms with Crippen LogP contribution in [-0.4, -0.2) is 46.0 Å². The van der Waals surface area contributed by atoms with E-state index in [0.717, 1.165) is 12.7 Å². The van der Waals surface area contributed by atoms with Gasteiger partial charge in [0.15, 0.2) is 0 Å². The Labute approximate surface area is 156 Å². The molecule has 150 valence electrons. The molecular weight excluding hydrogens is 334 g/mol. The maximum atomic E-state index is 11.0. The zero-order valence-electron chi connectivity index (χ0n) is 16.1. The van der Waals surface area contributed by atoms with Gasteiger partial charge in [-0.05, 0) is 6.42 Å². The zero-order valence-corrected chi connectivity index (χ0v) is 16.1. The average Bonchev–Trinajstić information content (AvgIpc) is 2.64. The van der Waals surface area contributed by atoms with Gasteiger partial charge in [0.05, 0.1) is 6.61 Å². The van der Waals surface area contributed by atoms with E-state index in [1.807, 2.05) is 0 Å². The molecule has 1 unspecified atom stereocenters. The van der Waals surface area contributed by atoms with Gasteiger partial charge in [0.2, 0.25) is 0 Å². The van der Waals surface area contributed by atoms with Crippen LogP contribution in [0.2, 0.25) is 0 Å². The summed E-state index contributed by atoms with van der Waals surface area (Å²) in [6, 6.07) is 0.0504. The molecule has 0 spiro atoms. The normalized spacial score (nSPS) is 12.2. The zero-order chi connectivity index (χ0) is 18.9. The van der Waals surface area contributed by atoms with E-state index >= 15 is 0 Å². The van der Waals surface area contributed by atoms with E-state index in [1.165, 1.54) is 64.2 Å². The molecular formula is C19H35N3O4. The Hall–Kier alpha value is -1.47. The smallest absolute Gasteiger partial charge is 0.350 e. The minimum atomic E-state index is -0.749. The molecule has 0 aromatic carbocycles. The van der Waals surface area contributed by atoms with Gasteiger partial charge in [-0.3, -0.25) is 4.98 Å². The predicted molar refractivity (Wildman–Crippen MR) is 101 cm³/mol. The fourth-order valence-electron chi connectivity index (χ4n) is 2.67. The number of hydrogen-bond acceptors (Lipinski definition) is 6. The number of aromatic amines is 1. The van der Waals surface area contributed by atoms with E-state index in [2.05, 4.69) is 21.9 Å². The summed E-state index contributed by atoms with van der Waals surface area (Å²) < 4.78 is 10.6. The highest BCUT2D eigenvalue weighted by Crippen LogP contribution is 2.11. The standard InChI is InChI=1S/C19H35N3O4/c1-2-3-4-5-6-7-8-9-10-11-12-13-25-14-17(23)15-26-19-21-16-20-18(24)22-19/h16-17,23H,2-15H2,1H3,(H,20,21,22,24). The number of H-pyrrole nitrogens is 1. The third kappa shape index (κ3) is 12.8. The van der Waals surface area contributed by atoms with Gasteiger partial charge in [-0.15, -0.1) is 0 Å². The molecule has 0 amide bonds. The summed E-state index contributed by atoms with van der Waals surface area (Å²) in [7, 11) is 0. The second-order valence-electron chi connectivity index (χ2n) is 6.68. The van der Waals surface area contributed by atoms with Crippen LogP contribution in [-0.2, 0) is 4.74 Å². The molecule has 0 bridgehead atoms. The number of aliphatic hydroxyl groups excluding tert-OH is 1. The van der Waals surface area contributed by atoms with Crippen molar-refractivity contribution >= 4 is 0 Å². The van der Waals surface area contributed by atoms with Crippen molar-refractivity contribution in [3.63, 3.8) is 0 Å². The molecule has 1 atom stereocenters. The van der Waals surface area contributed by atoms with Gasteiger partial charge < -0.3 is 14.6 Å². The van der Waals surface area contributed by atoms with Gasteiger partial charge in [-0.2, -0.15) is 9.97 Å². The van der Waals surface area contributed by atoms with Crippen LogP contribution < -0.4 is 10.4 Å². The summed E-state index contributed by atoms with van der Waals surface area (Å²) >= 11 is 0. The predicted octanol–water partition coefficient (Wildman–Crippen LogP) is 3.23. The van der Waals surface area contributed by atoms with Crippen LogP contribution in [0.25, 0.3) is 0 Å². The highest BCUT2D eigenvalue weighted by molar-refractivity contribution is 4.87. The van der Waals surface area contributed by atoms with Crippen molar-refractivity contribution in [3.8, 4) is 6.01 Å². The fraction of sp³-hybridized carbons (Fsp3) is 0.842. The largest absolute Gasteiger partial charge is 0.462 e. The van der Waals surface area contributed by atoms with Gasteiger partial charge in [0.25, 0.3) is 6.01 Å². The Balaban J connectivity index is 1.84. The molecule has 0 aliphatic heterocycles. The van der Waals surface area contributed by atoms with E-state index in [9.17, 15) is 9.90 Å². The van der Waals surface area contributed by atoms with E-state index in [4.69, 9.17) is 9.47 Å². The third-order valence-electron chi connectivity index (χ3n) is 4.18. The Morgan fingerprint density at radius 2 is 1.58 bits per heavy atom. The number of nitrogens with one attached hydrogen (secondary N) is 1. The second-order valence-corrected chi connectivity index (χ2v) is 6.68. The summed E-state index contributed by atoms with van der Waals surface area (Å²) in [5, 5.41) is 9.77. The molecule has 2 N–H and O–H groups in total. The van der Waals surface area contributed by atoms with E-state index < -0.39 is 11.8 Å². The van der Waals surface area contributed by atoms with E-state index in [0.29, 0.717) is 6.61 Å². The molecule has 1 aromatic rings. The van der Waals surface area contributed by atoms with Crippen molar-refractivity contribution in [2.75, 3.05) is 19.8 Å². The van der Waals surface area contributed by atoms with Crippen molar-refractivity contribution in [2.24, 2.45) is 0 Å². The third-order valence-corrected chi connectivity index (χ3v) is 4.18. The summed E-state index contributed by atoms with van der Waals surface area (Å²) in [5.41, 5.74) is -0.530. The molecule has 26 heavy (non-hydrogen) atoms. The second kappa shape index (κ2) is 15.8. The molecule has 1 aromatic heterocycles. The van der Waals surface area contributed by atoms with Crippen LogP contribution in [0.3, 0.4) is 0 Å². The molecule has 1 heterocycles. The Morgan fingerprint density at radius 3 is 2.19 bits per heavy atom. The number of ether oxygens (including phenoxy) is 2. The molecule has 7 nitrogen and oxygen atoms in total. The monoisotopic (exact) mass is 369 g/mol. The first-order valence-electron chi connectivity index (χ1n) is 10.0. The Kier molecular flexibility index (Phi) is 13.7. The van der Waals surface area contributed by atoms with Crippen molar-refractivity contribution in [1.29, 1.82) is 0 Å². The van der Waals surface area contributed by atoms with Crippen LogP contribution >= 0.6 is 0 Å². The number of aromatic nitrogens is 3. The summed E-state index contributed by atoms with van der Waals surface area (Å²) in [4.78, 5) is 20.4. The lowest BCUT2D eigenvalue weighted by atomic mass is 10.1. The average molecular weight is 370 g/mol. The van der Waals surface area contributed by atoms with Crippen molar-refractivity contribution in [1.82, 2.24) is 15.0 Å². The maximum absolute atomic E-state index is 11.0. The van der Waals surface area contributed by atoms with Gasteiger partial charge in [0, 0.05) is 6.61 Å². The lowest BCUT2D eigenvalue weighted by Crippen LogP contribution is -2.25. The van der Waals surface area contributed by atoms with Gasteiger partial charge in [-0.1, -0.05) is 71.1 Å². The fourth-order valence-corrected chi connectivity index (χ4v) is 2.67. The lowest BCUT2D eigenvalue weighted by Gasteiger charge is -2.11. The summed E-state index contributed by atoms with van der Waals surface area (Å²) in [6.45, 7) is 3.14. The van der Waals surface area contributed by atoms with E-state index in [1.54, 1.807) is 0 Å². The highest BCUT2D eigenvalue weighted by atomic mass is 16.5. The number of aliphatic hydroxyl groups is 1. The minimum absolute atomic E-state index is 0.0191. The maximum Gasteiger partial charge on any atom is 0.350 e. The van der Waals surface area contributed by atoms with Crippen LogP contribution in [0.15, 0.2) is 11.1 Å². The first-order valence-corrected chi connectivity index (χ1v) is 10.0. The van der Waals surface area contributed by atoms with Crippen LogP contribution in [0.5, 0.6) is 6.01 Å². The van der Waals surface area contributed by atoms with Crippen LogP contribution in [0.1, 0.15) is 77.6 Å². The van der Waals surface area contributed by atoms with Crippen molar-refractivity contribution < 1.29 is 14.6 Å². The van der Waals surface area contributed by atoms with Gasteiger partial charge in [0.1, 0.15) is 19.0 Å². The summed E-state index contributed by atoms with van der Waals surface area (Å²) in [6.07, 6.45) is 14.7. The first-order chi connectivity index (χ1) is 12.7. The number of rotatable bonds is 17. The SMILES string of the molecule is CCCCCCCCCCCCCOCC(O)COc1ncnc(=O)[nH]1.